The average Bonchev–Trinajstić information content (AvgIpc) is 2.61. The summed E-state index contributed by atoms with van der Waals surface area (Å²) in [6.07, 6.45) is 0.864. The Morgan fingerprint density at radius 3 is 3.00 bits per heavy atom. The van der Waals surface area contributed by atoms with Crippen LogP contribution in [0.25, 0.3) is 0 Å². The molecular weight excluding hydrogens is 206 g/mol. The fraction of sp³-hybridized carbons (Fsp3) is 0.714. The van der Waals surface area contributed by atoms with Crippen molar-refractivity contribution < 1.29 is 5.11 Å². The van der Waals surface area contributed by atoms with Crippen LogP contribution in [0.5, 0.6) is 0 Å². The Hall–Kier alpha value is -0.170. The number of rotatable bonds is 5. The molecule has 74 valence electrons. The topological polar surface area (TPSA) is 72.0 Å². The van der Waals surface area contributed by atoms with Crippen LogP contribution in [0.15, 0.2) is 4.34 Å². The highest BCUT2D eigenvalue weighted by Gasteiger charge is 2.05. The lowest BCUT2D eigenvalue weighted by atomic mass is 10.4. The minimum Gasteiger partial charge on any atom is -0.395 e. The van der Waals surface area contributed by atoms with Crippen LogP contribution in [0.2, 0.25) is 0 Å². The average molecular weight is 219 g/mol. The highest BCUT2D eigenvalue weighted by Crippen LogP contribution is 2.20. The lowest BCUT2D eigenvalue weighted by Crippen LogP contribution is -2.26. The smallest absolute Gasteiger partial charge is 0.170 e. The van der Waals surface area contributed by atoms with Crippen molar-refractivity contribution in [3.63, 3.8) is 0 Å². The number of thioether (sulfide) groups is 1. The zero-order valence-corrected chi connectivity index (χ0v) is 9.07. The van der Waals surface area contributed by atoms with E-state index in [0.29, 0.717) is 5.75 Å². The first kappa shape index (κ1) is 10.9. The van der Waals surface area contributed by atoms with Crippen molar-refractivity contribution in [1.82, 2.24) is 9.36 Å². The second-order valence-electron chi connectivity index (χ2n) is 2.58. The molecule has 0 amide bonds. The molecule has 1 aromatic rings. The Morgan fingerprint density at radius 1 is 1.69 bits per heavy atom. The number of hydrogen-bond acceptors (Lipinski definition) is 6. The molecule has 1 unspecified atom stereocenters. The Morgan fingerprint density at radius 2 is 2.46 bits per heavy atom. The standard InChI is InChI=1S/C7H13N3OS2/c1-2-6-9-7(13-10-6)12-4-5(8)3-11/h5,11H,2-4,8H2,1H3. The number of nitrogens with two attached hydrogens (primary N) is 1. The van der Waals surface area contributed by atoms with Crippen molar-refractivity contribution in [3.05, 3.63) is 5.82 Å². The number of aliphatic hydroxyl groups excluding tert-OH is 1. The van der Waals surface area contributed by atoms with Crippen molar-refractivity contribution in [2.75, 3.05) is 12.4 Å². The van der Waals surface area contributed by atoms with E-state index in [9.17, 15) is 0 Å². The van der Waals surface area contributed by atoms with Gasteiger partial charge in [-0.05, 0) is 11.5 Å². The van der Waals surface area contributed by atoms with Crippen LogP contribution in [0, 0.1) is 0 Å². The molecule has 6 heteroatoms. The van der Waals surface area contributed by atoms with E-state index in [1.54, 1.807) is 11.8 Å². The first-order valence-electron chi connectivity index (χ1n) is 4.08. The molecule has 1 rings (SSSR count). The van der Waals surface area contributed by atoms with Crippen LogP contribution < -0.4 is 5.73 Å². The number of aryl methyl sites for hydroxylation is 1. The molecule has 1 atom stereocenters. The van der Waals surface area contributed by atoms with Gasteiger partial charge in [0.2, 0.25) is 0 Å². The Labute approximate surface area is 85.7 Å². The van der Waals surface area contributed by atoms with E-state index in [-0.39, 0.29) is 12.6 Å². The van der Waals surface area contributed by atoms with Crippen LogP contribution in [0.4, 0.5) is 0 Å². The summed E-state index contributed by atoms with van der Waals surface area (Å²) < 4.78 is 5.08. The van der Waals surface area contributed by atoms with E-state index >= 15 is 0 Å². The normalized spacial score (nSPS) is 13.2. The van der Waals surface area contributed by atoms with Gasteiger partial charge in [-0.3, -0.25) is 0 Å². The van der Waals surface area contributed by atoms with Gasteiger partial charge >= 0.3 is 0 Å². The van der Waals surface area contributed by atoms with E-state index in [4.69, 9.17) is 10.8 Å². The van der Waals surface area contributed by atoms with Gasteiger partial charge < -0.3 is 10.8 Å². The summed E-state index contributed by atoms with van der Waals surface area (Å²) in [7, 11) is 0. The molecule has 0 aliphatic rings. The molecule has 0 bridgehead atoms. The second-order valence-corrected chi connectivity index (χ2v) is 4.60. The summed E-state index contributed by atoms with van der Waals surface area (Å²) in [4.78, 5) is 4.27. The molecule has 0 saturated heterocycles. The molecule has 0 spiro atoms. The number of hydrogen-bond donors (Lipinski definition) is 2. The number of nitrogens with zero attached hydrogens (tertiary/aromatic N) is 2. The quantitative estimate of drug-likeness (QED) is 0.706. The Balaban J connectivity index is 2.36. The van der Waals surface area contributed by atoms with Crippen molar-refractivity contribution in [2.45, 2.75) is 23.7 Å². The molecule has 0 fully saturated rings. The summed E-state index contributed by atoms with van der Waals surface area (Å²) >= 11 is 2.94. The third-order valence-corrected chi connectivity index (χ3v) is 3.48. The van der Waals surface area contributed by atoms with Crippen LogP contribution in [-0.2, 0) is 6.42 Å². The molecule has 0 radical (unpaired) electrons. The van der Waals surface area contributed by atoms with Crippen LogP contribution >= 0.6 is 23.3 Å². The minimum absolute atomic E-state index is 0.0203. The minimum atomic E-state index is -0.168. The maximum Gasteiger partial charge on any atom is 0.170 e. The summed E-state index contributed by atoms with van der Waals surface area (Å²) in [5.41, 5.74) is 5.55. The van der Waals surface area contributed by atoms with E-state index < -0.39 is 0 Å². The van der Waals surface area contributed by atoms with Gasteiger partial charge in [-0.1, -0.05) is 18.7 Å². The van der Waals surface area contributed by atoms with Gasteiger partial charge in [0.1, 0.15) is 5.82 Å². The highest BCUT2D eigenvalue weighted by atomic mass is 32.2. The highest BCUT2D eigenvalue weighted by molar-refractivity contribution is 8.00. The van der Waals surface area contributed by atoms with Gasteiger partial charge in [-0.15, -0.1) is 0 Å². The molecule has 3 N–H and O–H groups in total. The molecule has 1 heterocycles. The maximum absolute atomic E-state index is 8.69. The van der Waals surface area contributed by atoms with Crippen molar-refractivity contribution in [3.8, 4) is 0 Å². The zero-order chi connectivity index (χ0) is 9.68. The number of aromatic nitrogens is 2. The van der Waals surface area contributed by atoms with Crippen molar-refractivity contribution >= 4 is 23.3 Å². The molecular formula is C7H13N3OS2. The van der Waals surface area contributed by atoms with E-state index in [2.05, 4.69) is 9.36 Å². The summed E-state index contributed by atoms with van der Waals surface area (Å²) in [5.74, 6) is 1.57. The molecule has 0 aliphatic heterocycles. The molecule has 4 nitrogen and oxygen atoms in total. The summed E-state index contributed by atoms with van der Waals surface area (Å²) in [6.45, 7) is 2.04. The van der Waals surface area contributed by atoms with Crippen LogP contribution in [0.1, 0.15) is 12.7 Å². The first-order valence-corrected chi connectivity index (χ1v) is 5.84. The van der Waals surface area contributed by atoms with E-state index in [1.807, 2.05) is 6.92 Å². The molecule has 1 aromatic heterocycles. The maximum atomic E-state index is 8.69. The van der Waals surface area contributed by atoms with Gasteiger partial charge in [0.15, 0.2) is 4.34 Å². The predicted octanol–water partition coefficient (Wildman–Crippen LogP) is 0.512. The molecule has 0 saturated carbocycles. The van der Waals surface area contributed by atoms with Crippen molar-refractivity contribution in [2.24, 2.45) is 5.73 Å². The van der Waals surface area contributed by atoms with Crippen LogP contribution in [-0.4, -0.2) is 32.9 Å². The van der Waals surface area contributed by atoms with E-state index in [1.165, 1.54) is 11.5 Å². The third-order valence-electron chi connectivity index (χ3n) is 1.42. The second kappa shape index (κ2) is 5.54. The summed E-state index contributed by atoms with van der Waals surface area (Å²) in [6, 6.07) is -0.168. The van der Waals surface area contributed by atoms with Crippen molar-refractivity contribution in [1.29, 1.82) is 0 Å². The molecule has 0 aromatic carbocycles. The number of aliphatic hydroxyl groups is 1. The third kappa shape index (κ3) is 3.60. The van der Waals surface area contributed by atoms with Gasteiger partial charge in [0.25, 0.3) is 0 Å². The van der Waals surface area contributed by atoms with E-state index in [0.717, 1.165) is 16.6 Å². The SMILES string of the molecule is CCc1nsc(SCC(N)CO)n1. The van der Waals surface area contributed by atoms with Gasteiger partial charge in [-0.2, -0.15) is 4.37 Å². The Bertz CT molecular complexity index is 254. The molecule has 13 heavy (non-hydrogen) atoms. The van der Waals surface area contributed by atoms with Gasteiger partial charge in [0.05, 0.1) is 6.61 Å². The summed E-state index contributed by atoms with van der Waals surface area (Å²) in [5, 5.41) is 8.69. The largest absolute Gasteiger partial charge is 0.395 e. The monoisotopic (exact) mass is 219 g/mol. The van der Waals surface area contributed by atoms with Gasteiger partial charge in [0, 0.05) is 18.2 Å². The van der Waals surface area contributed by atoms with Gasteiger partial charge in [-0.25, -0.2) is 4.98 Å². The lowest BCUT2D eigenvalue weighted by Gasteiger charge is -2.03. The fourth-order valence-corrected chi connectivity index (χ4v) is 2.33. The fourth-order valence-electron chi connectivity index (χ4n) is 0.671. The Kier molecular flexibility index (Phi) is 4.65. The first-order chi connectivity index (χ1) is 6.26. The zero-order valence-electron chi connectivity index (χ0n) is 7.43. The predicted molar refractivity (Wildman–Crippen MR) is 55.1 cm³/mol. The van der Waals surface area contributed by atoms with Crippen LogP contribution in [0.3, 0.4) is 0 Å². The lowest BCUT2D eigenvalue weighted by molar-refractivity contribution is 0.275. The molecule has 0 aliphatic carbocycles.